The summed E-state index contributed by atoms with van der Waals surface area (Å²) in [4.78, 5) is 22.5. The van der Waals surface area contributed by atoms with Crippen LogP contribution in [0, 0.1) is 10.1 Å². The average molecular weight is 281 g/mol. The van der Waals surface area contributed by atoms with Crippen molar-refractivity contribution in [1.29, 1.82) is 0 Å². The highest BCUT2D eigenvalue weighted by molar-refractivity contribution is 7.99. The molecule has 1 amide bonds. The molecule has 1 aromatic rings. The van der Waals surface area contributed by atoms with Crippen molar-refractivity contribution in [2.24, 2.45) is 0 Å². The molecule has 1 aromatic carbocycles. The number of carbonyl (C=O) groups is 1. The second kappa shape index (κ2) is 5.92. The number of nitrogen functional groups attached to an aromatic ring is 1. The van der Waals surface area contributed by atoms with Crippen molar-refractivity contribution in [2.45, 2.75) is 18.9 Å². The van der Waals surface area contributed by atoms with Crippen LogP contribution in [0.4, 0.5) is 11.4 Å². The average Bonchev–Trinajstić information content (AvgIpc) is 2.39. The highest BCUT2D eigenvalue weighted by Gasteiger charge is 2.25. The van der Waals surface area contributed by atoms with Crippen molar-refractivity contribution < 1.29 is 9.72 Å². The quantitative estimate of drug-likeness (QED) is 0.500. The molecule has 0 aliphatic carbocycles. The van der Waals surface area contributed by atoms with Crippen LogP contribution in [0.1, 0.15) is 23.2 Å². The molecule has 1 aliphatic rings. The summed E-state index contributed by atoms with van der Waals surface area (Å²) in [5.74, 6) is 1.48. The summed E-state index contributed by atoms with van der Waals surface area (Å²) >= 11 is 1.78. The minimum Gasteiger partial charge on any atom is -0.398 e. The van der Waals surface area contributed by atoms with Crippen LogP contribution < -0.4 is 11.1 Å². The van der Waals surface area contributed by atoms with Gasteiger partial charge >= 0.3 is 0 Å². The first-order valence-corrected chi connectivity index (χ1v) is 7.16. The van der Waals surface area contributed by atoms with Crippen LogP contribution in [-0.4, -0.2) is 28.4 Å². The zero-order valence-corrected chi connectivity index (χ0v) is 11.1. The number of hydrogen-bond acceptors (Lipinski definition) is 5. The highest BCUT2D eigenvalue weighted by atomic mass is 32.2. The van der Waals surface area contributed by atoms with E-state index in [1.54, 1.807) is 11.8 Å². The number of nitro groups is 1. The van der Waals surface area contributed by atoms with Gasteiger partial charge in [0.2, 0.25) is 0 Å². The minimum absolute atomic E-state index is 0.0388. The van der Waals surface area contributed by atoms with Gasteiger partial charge in [-0.2, -0.15) is 11.8 Å². The Morgan fingerprint density at radius 3 is 2.95 bits per heavy atom. The number of amides is 1. The molecule has 0 spiro atoms. The SMILES string of the molecule is Nc1cccc([N+](=O)[O-])c1C(=O)N[C@@H]1CCCSC1. The van der Waals surface area contributed by atoms with E-state index in [4.69, 9.17) is 5.73 Å². The van der Waals surface area contributed by atoms with Crippen molar-refractivity contribution >= 4 is 29.0 Å². The molecule has 1 saturated heterocycles. The first-order valence-electron chi connectivity index (χ1n) is 6.01. The molecular weight excluding hydrogens is 266 g/mol. The predicted molar refractivity (Wildman–Crippen MR) is 75.3 cm³/mol. The van der Waals surface area contributed by atoms with Gasteiger partial charge in [0.25, 0.3) is 11.6 Å². The zero-order valence-electron chi connectivity index (χ0n) is 10.3. The lowest BCUT2D eigenvalue weighted by Gasteiger charge is -2.22. The van der Waals surface area contributed by atoms with Crippen LogP contribution in [0.25, 0.3) is 0 Å². The van der Waals surface area contributed by atoms with Gasteiger partial charge in [0.15, 0.2) is 0 Å². The highest BCUT2D eigenvalue weighted by Crippen LogP contribution is 2.25. The summed E-state index contributed by atoms with van der Waals surface area (Å²) in [7, 11) is 0. The number of anilines is 1. The molecule has 1 heterocycles. The second-order valence-corrected chi connectivity index (χ2v) is 5.54. The molecular formula is C12H15N3O3S. The van der Waals surface area contributed by atoms with Crippen molar-refractivity contribution in [2.75, 3.05) is 17.2 Å². The van der Waals surface area contributed by atoms with Gasteiger partial charge < -0.3 is 11.1 Å². The minimum atomic E-state index is -0.582. The summed E-state index contributed by atoms with van der Waals surface area (Å²) in [6, 6.07) is 4.32. The van der Waals surface area contributed by atoms with Gasteiger partial charge in [0, 0.05) is 17.9 Å². The molecule has 0 aromatic heterocycles. The molecule has 1 atom stereocenters. The van der Waals surface area contributed by atoms with Crippen LogP contribution in [0.2, 0.25) is 0 Å². The molecule has 19 heavy (non-hydrogen) atoms. The second-order valence-electron chi connectivity index (χ2n) is 4.39. The fourth-order valence-corrected chi connectivity index (χ4v) is 3.14. The van der Waals surface area contributed by atoms with Crippen LogP contribution in [0.3, 0.4) is 0 Å². The number of thioether (sulfide) groups is 1. The lowest BCUT2D eigenvalue weighted by Crippen LogP contribution is -2.38. The molecule has 3 N–H and O–H groups in total. The van der Waals surface area contributed by atoms with Crippen molar-refractivity contribution in [3.05, 3.63) is 33.9 Å². The van der Waals surface area contributed by atoms with Crippen molar-refractivity contribution in [3.8, 4) is 0 Å². The number of carbonyl (C=O) groups excluding carboxylic acids is 1. The molecule has 0 unspecified atom stereocenters. The third kappa shape index (κ3) is 3.17. The summed E-state index contributed by atoms with van der Waals surface area (Å²) in [6.45, 7) is 0. The van der Waals surface area contributed by atoms with Gasteiger partial charge in [0.1, 0.15) is 5.56 Å². The fourth-order valence-electron chi connectivity index (χ4n) is 2.07. The molecule has 0 saturated carbocycles. The lowest BCUT2D eigenvalue weighted by molar-refractivity contribution is -0.385. The topological polar surface area (TPSA) is 98.3 Å². The fraction of sp³-hybridized carbons (Fsp3) is 0.417. The van der Waals surface area contributed by atoms with E-state index in [-0.39, 0.29) is 23.0 Å². The van der Waals surface area contributed by atoms with E-state index in [1.165, 1.54) is 18.2 Å². The Morgan fingerprint density at radius 1 is 1.53 bits per heavy atom. The van der Waals surface area contributed by atoms with Crippen LogP contribution >= 0.6 is 11.8 Å². The Morgan fingerprint density at radius 2 is 2.32 bits per heavy atom. The van der Waals surface area contributed by atoms with Gasteiger partial charge in [-0.1, -0.05) is 6.07 Å². The van der Waals surface area contributed by atoms with Crippen LogP contribution in [0.5, 0.6) is 0 Å². The lowest BCUT2D eigenvalue weighted by atomic mass is 10.1. The normalized spacial score (nSPS) is 18.8. The largest absolute Gasteiger partial charge is 0.398 e. The molecule has 1 fully saturated rings. The number of nitrogens with one attached hydrogen (secondary N) is 1. The third-order valence-electron chi connectivity index (χ3n) is 2.99. The number of nitrogens with zero attached hydrogens (tertiary/aromatic N) is 1. The van der Waals surface area contributed by atoms with Gasteiger partial charge in [-0.25, -0.2) is 0 Å². The van der Waals surface area contributed by atoms with Crippen LogP contribution in [-0.2, 0) is 0 Å². The predicted octanol–water partition coefficient (Wildman–Crippen LogP) is 1.80. The number of rotatable bonds is 3. The number of hydrogen-bond donors (Lipinski definition) is 2. The first kappa shape index (κ1) is 13.7. The Kier molecular flexibility index (Phi) is 4.26. The molecule has 7 heteroatoms. The molecule has 0 radical (unpaired) electrons. The van der Waals surface area contributed by atoms with Crippen molar-refractivity contribution in [3.63, 3.8) is 0 Å². The Balaban J connectivity index is 2.20. The maximum atomic E-state index is 12.2. The van der Waals surface area contributed by atoms with E-state index in [2.05, 4.69) is 5.32 Å². The first-order chi connectivity index (χ1) is 9.09. The Bertz CT molecular complexity index is 501. The summed E-state index contributed by atoms with van der Waals surface area (Å²) in [5, 5.41) is 13.8. The van der Waals surface area contributed by atoms with E-state index in [9.17, 15) is 14.9 Å². The van der Waals surface area contributed by atoms with E-state index in [0.29, 0.717) is 0 Å². The van der Waals surface area contributed by atoms with E-state index < -0.39 is 10.8 Å². The molecule has 1 aliphatic heterocycles. The molecule has 2 rings (SSSR count). The third-order valence-corrected chi connectivity index (χ3v) is 4.21. The van der Waals surface area contributed by atoms with E-state index in [0.717, 1.165) is 24.3 Å². The van der Waals surface area contributed by atoms with Gasteiger partial charge in [-0.05, 0) is 24.7 Å². The summed E-state index contributed by atoms with van der Waals surface area (Å²) in [5.41, 5.74) is 5.54. The number of nitrogens with two attached hydrogens (primary N) is 1. The maximum absolute atomic E-state index is 12.2. The van der Waals surface area contributed by atoms with E-state index >= 15 is 0 Å². The molecule has 6 nitrogen and oxygen atoms in total. The molecule has 0 bridgehead atoms. The Labute approximate surface area is 114 Å². The van der Waals surface area contributed by atoms with Gasteiger partial charge in [0.05, 0.1) is 10.6 Å². The standard InChI is InChI=1S/C12H15N3O3S/c13-9-4-1-5-10(15(17)18)11(9)12(16)14-8-3-2-6-19-7-8/h1,4-5,8H,2-3,6-7,13H2,(H,14,16)/t8-/m1/s1. The van der Waals surface area contributed by atoms with Crippen LogP contribution in [0.15, 0.2) is 18.2 Å². The molecule has 102 valence electrons. The van der Waals surface area contributed by atoms with Gasteiger partial charge in [-0.3, -0.25) is 14.9 Å². The maximum Gasteiger partial charge on any atom is 0.284 e. The monoisotopic (exact) mass is 281 g/mol. The summed E-state index contributed by atoms with van der Waals surface area (Å²) in [6.07, 6.45) is 1.95. The number of nitro benzene ring substituents is 1. The van der Waals surface area contributed by atoms with E-state index in [1.807, 2.05) is 0 Å². The smallest absolute Gasteiger partial charge is 0.284 e. The number of benzene rings is 1. The zero-order chi connectivity index (χ0) is 13.8. The van der Waals surface area contributed by atoms with Gasteiger partial charge in [-0.15, -0.1) is 0 Å². The summed E-state index contributed by atoms with van der Waals surface area (Å²) < 4.78 is 0. The Hall–Kier alpha value is -1.76. The van der Waals surface area contributed by atoms with Crippen molar-refractivity contribution in [1.82, 2.24) is 5.32 Å².